The molecule has 0 saturated carbocycles. The molecule has 1 aromatic carbocycles. The highest BCUT2D eigenvalue weighted by atomic mass is 79.9. The van der Waals surface area contributed by atoms with Crippen LogP contribution in [0.1, 0.15) is 15.9 Å². The van der Waals surface area contributed by atoms with E-state index in [2.05, 4.69) is 15.9 Å². The Balaban J connectivity index is 3.55. The normalized spacial score (nSPS) is 11.5. The maximum absolute atomic E-state index is 12.5. The zero-order valence-electron chi connectivity index (χ0n) is 7.10. The Kier molecular flexibility index (Phi) is 2.94. The summed E-state index contributed by atoms with van der Waals surface area (Å²) in [6.45, 7) is 0. The van der Waals surface area contributed by atoms with Gasteiger partial charge in [0, 0.05) is 10.2 Å². The Hall–Kier alpha value is -1.24. The molecule has 0 aliphatic heterocycles. The summed E-state index contributed by atoms with van der Waals surface area (Å²) in [5.74, 6) is -1.67. The van der Waals surface area contributed by atoms with Gasteiger partial charge in [-0.1, -0.05) is 15.9 Å². The lowest BCUT2D eigenvalue weighted by molar-refractivity contribution is -0.138. The zero-order valence-corrected chi connectivity index (χ0v) is 8.69. The highest BCUT2D eigenvalue weighted by molar-refractivity contribution is 9.10. The van der Waals surface area contributed by atoms with Crippen LogP contribution in [0.15, 0.2) is 16.6 Å². The fourth-order valence-electron chi connectivity index (χ4n) is 1.08. The number of nitrogens with two attached hydrogens (primary N) is 1. The molecule has 0 heterocycles. The number of carbonyl (C=O) groups is 1. The first-order valence-corrected chi connectivity index (χ1v) is 4.42. The van der Waals surface area contributed by atoms with Crippen LogP contribution in [0.3, 0.4) is 0 Å². The van der Waals surface area contributed by atoms with Crippen LogP contribution in [0.25, 0.3) is 0 Å². The third-order valence-electron chi connectivity index (χ3n) is 1.63. The molecule has 0 saturated heterocycles. The van der Waals surface area contributed by atoms with Crippen LogP contribution >= 0.6 is 15.9 Å². The van der Waals surface area contributed by atoms with Crippen molar-refractivity contribution in [1.29, 1.82) is 0 Å². The van der Waals surface area contributed by atoms with E-state index in [1.54, 1.807) is 0 Å². The molecule has 0 fully saturated rings. The lowest BCUT2D eigenvalue weighted by Crippen LogP contribution is -2.14. The summed E-state index contributed by atoms with van der Waals surface area (Å²) in [6, 6.07) is 1.78. The quantitative estimate of drug-likeness (QED) is 0.779. The number of carboxylic acid groups (broad SMARTS) is 1. The Labute approximate surface area is 90.8 Å². The molecule has 3 nitrogen and oxygen atoms in total. The van der Waals surface area contributed by atoms with Gasteiger partial charge in [-0.2, -0.15) is 13.2 Å². The van der Waals surface area contributed by atoms with Crippen LogP contribution in [0.2, 0.25) is 0 Å². The van der Waals surface area contributed by atoms with Gasteiger partial charge >= 0.3 is 12.1 Å². The number of rotatable bonds is 1. The van der Waals surface area contributed by atoms with E-state index >= 15 is 0 Å². The van der Waals surface area contributed by atoms with Gasteiger partial charge in [0.1, 0.15) is 0 Å². The first-order chi connectivity index (χ1) is 6.73. The SMILES string of the molecule is Nc1cc(Br)c(C(F)(F)F)c(C(=O)O)c1. The predicted octanol–water partition coefficient (Wildman–Crippen LogP) is 2.75. The Bertz CT molecular complexity index is 417. The third-order valence-corrected chi connectivity index (χ3v) is 2.25. The molecule has 3 N–H and O–H groups in total. The number of hydrogen-bond acceptors (Lipinski definition) is 2. The zero-order chi connectivity index (χ0) is 11.8. The van der Waals surface area contributed by atoms with Crippen molar-refractivity contribution in [3.05, 3.63) is 27.7 Å². The van der Waals surface area contributed by atoms with Crippen molar-refractivity contribution in [1.82, 2.24) is 0 Å². The minimum Gasteiger partial charge on any atom is -0.478 e. The molecule has 1 rings (SSSR count). The van der Waals surface area contributed by atoms with Crippen molar-refractivity contribution in [2.24, 2.45) is 0 Å². The van der Waals surface area contributed by atoms with Gasteiger partial charge < -0.3 is 10.8 Å². The number of hydrogen-bond donors (Lipinski definition) is 2. The lowest BCUT2D eigenvalue weighted by atomic mass is 10.1. The smallest absolute Gasteiger partial charge is 0.418 e. The van der Waals surface area contributed by atoms with Gasteiger partial charge in [0.05, 0.1) is 11.1 Å². The van der Waals surface area contributed by atoms with Gasteiger partial charge in [-0.25, -0.2) is 4.79 Å². The van der Waals surface area contributed by atoms with E-state index in [0.29, 0.717) is 0 Å². The molecule has 15 heavy (non-hydrogen) atoms. The van der Waals surface area contributed by atoms with Crippen LogP contribution in [-0.2, 0) is 6.18 Å². The van der Waals surface area contributed by atoms with Crippen LogP contribution in [-0.4, -0.2) is 11.1 Å². The molecule has 0 aliphatic rings. The monoisotopic (exact) mass is 283 g/mol. The van der Waals surface area contributed by atoms with E-state index < -0.39 is 23.3 Å². The van der Waals surface area contributed by atoms with Crippen molar-refractivity contribution in [2.75, 3.05) is 5.73 Å². The summed E-state index contributed by atoms with van der Waals surface area (Å²) in [5.41, 5.74) is 3.10. The Morgan fingerprint density at radius 1 is 1.40 bits per heavy atom. The number of halogens is 4. The molecule has 0 radical (unpaired) electrons. The van der Waals surface area contributed by atoms with Gasteiger partial charge in [0.2, 0.25) is 0 Å². The molecule has 0 bridgehead atoms. The number of anilines is 1. The minimum absolute atomic E-state index is 0.0488. The van der Waals surface area contributed by atoms with Gasteiger partial charge in [-0.3, -0.25) is 0 Å². The summed E-state index contributed by atoms with van der Waals surface area (Å²) in [7, 11) is 0. The molecule has 0 unspecified atom stereocenters. The maximum atomic E-state index is 12.5. The second kappa shape index (κ2) is 3.73. The molecular formula is C8H5BrF3NO2. The van der Waals surface area contributed by atoms with Gasteiger partial charge in [0.15, 0.2) is 0 Å². The predicted molar refractivity (Wildman–Crippen MR) is 50.5 cm³/mol. The second-order valence-corrected chi connectivity index (χ2v) is 3.58. The fraction of sp³-hybridized carbons (Fsp3) is 0.125. The third kappa shape index (κ3) is 2.41. The molecular weight excluding hydrogens is 279 g/mol. The van der Waals surface area contributed by atoms with Gasteiger partial charge in [-0.05, 0) is 12.1 Å². The van der Waals surface area contributed by atoms with E-state index in [-0.39, 0.29) is 10.2 Å². The van der Waals surface area contributed by atoms with Crippen LogP contribution in [0.4, 0.5) is 18.9 Å². The van der Waals surface area contributed by atoms with E-state index in [1.165, 1.54) is 0 Å². The average Bonchev–Trinajstić information content (AvgIpc) is 1.99. The van der Waals surface area contributed by atoms with Crippen LogP contribution in [0, 0.1) is 0 Å². The van der Waals surface area contributed by atoms with E-state index in [0.717, 1.165) is 12.1 Å². The van der Waals surface area contributed by atoms with Crippen LogP contribution < -0.4 is 5.73 Å². The average molecular weight is 284 g/mol. The minimum atomic E-state index is -4.74. The van der Waals surface area contributed by atoms with E-state index in [9.17, 15) is 18.0 Å². The highest BCUT2D eigenvalue weighted by Gasteiger charge is 2.37. The van der Waals surface area contributed by atoms with Crippen molar-refractivity contribution in [2.45, 2.75) is 6.18 Å². The molecule has 0 spiro atoms. The lowest BCUT2D eigenvalue weighted by Gasteiger charge is -2.12. The molecule has 0 amide bonds. The molecule has 82 valence electrons. The van der Waals surface area contributed by atoms with Gasteiger partial charge in [0.25, 0.3) is 0 Å². The number of carboxylic acids is 1. The van der Waals surface area contributed by atoms with Gasteiger partial charge in [-0.15, -0.1) is 0 Å². The van der Waals surface area contributed by atoms with Crippen molar-refractivity contribution < 1.29 is 23.1 Å². The first-order valence-electron chi connectivity index (χ1n) is 3.63. The highest BCUT2D eigenvalue weighted by Crippen LogP contribution is 2.38. The van der Waals surface area contributed by atoms with Crippen molar-refractivity contribution in [3.8, 4) is 0 Å². The fourth-order valence-corrected chi connectivity index (χ4v) is 1.79. The number of benzene rings is 1. The standard InChI is InChI=1S/C8H5BrF3NO2/c9-5-2-3(13)1-4(7(14)15)6(5)8(10,11)12/h1-2H,13H2,(H,14,15). The number of nitrogen functional groups attached to an aromatic ring is 1. The molecule has 7 heteroatoms. The summed E-state index contributed by atoms with van der Waals surface area (Å²) in [4.78, 5) is 10.6. The molecule has 1 aromatic rings. The summed E-state index contributed by atoms with van der Waals surface area (Å²) < 4.78 is 37.0. The maximum Gasteiger partial charge on any atom is 0.418 e. The first kappa shape index (κ1) is 11.8. The Morgan fingerprint density at radius 2 is 1.93 bits per heavy atom. The number of aromatic carboxylic acids is 1. The van der Waals surface area contributed by atoms with E-state index in [1.807, 2.05) is 0 Å². The second-order valence-electron chi connectivity index (χ2n) is 2.73. The topological polar surface area (TPSA) is 63.3 Å². The molecule has 0 aromatic heterocycles. The van der Waals surface area contributed by atoms with Crippen molar-refractivity contribution in [3.63, 3.8) is 0 Å². The van der Waals surface area contributed by atoms with Crippen LogP contribution in [0.5, 0.6) is 0 Å². The number of alkyl halides is 3. The summed E-state index contributed by atoms with van der Waals surface area (Å²) >= 11 is 2.64. The van der Waals surface area contributed by atoms with E-state index in [4.69, 9.17) is 10.8 Å². The van der Waals surface area contributed by atoms with Crippen molar-refractivity contribution >= 4 is 27.6 Å². The summed E-state index contributed by atoms with van der Waals surface area (Å²) in [6.07, 6.45) is -4.74. The molecule has 0 aliphatic carbocycles. The Morgan fingerprint density at radius 3 is 2.33 bits per heavy atom. The summed E-state index contributed by atoms with van der Waals surface area (Å²) in [5, 5.41) is 8.60. The largest absolute Gasteiger partial charge is 0.478 e. The molecule has 0 atom stereocenters.